The second-order valence-corrected chi connectivity index (χ2v) is 7.23. The normalized spacial score (nSPS) is 18.3. The summed E-state index contributed by atoms with van der Waals surface area (Å²) >= 11 is 0. The Bertz CT molecular complexity index is 620. The van der Waals surface area contributed by atoms with Crippen molar-refractivity contribution in [1.82, 2.24) is 4.90 Å². The second-order valence-electron chi connectivity index (χ2n) is 7.23. The fourth-order valence-electron chi connectivity index (χ4n) is 2.94. The van der Waals surface area contributed by atoms with Gasteiger partial charge in [-0.3, -0.25) is 4.79 Å². The predicted molar refractivity (Wildman–Crippen MR) is 89.2 cm³/mol. The molecule has 0 aromatic heterocycles. The highest BCUT2D eigenvalue weighted by atomic mass is 16.6. The van der Waals surface area contributed by atoms with E-state index in [1.165, 1.54) is 6.07 Å². The molecule has 0 saturated carbocycles. The Morgan fingerprint density at radius 1 is 1.33 bits per heavy atom. The van der Waals surface area contributed by atoms with E-state index in [-0.39, 0.29) is 24.2 Å². The SMILES string of the molecule is CC(C)(C)OC(=O)N1CCCC(c2cc(CC(=O)O)ccc2O)C1. The van der Waals surface area contributed by atoms with Crippen LogP contribution in [0.4, 0.5) is 4.79 Å². The Morgan fingerprint density at radius 2 is 2.04 bits per heavy atom. The summed E-state index contributed by atoms with van der Waals surface area (Å²) in [6.07, 6.45) is 1.21. The van der Waals surface area contributed by atoms with Crippen molar-refractivity contribution in [3.8, 4) is 5.75 Å². The van der Waals surface area contributed by atoms with Gasteiger partial charge in [0.1, 0.15) is 11.4 Å². The molecule has 0 bridgehead atoms. The molecule has 24 heavy (non-hydrogen) atoms. The summed E-state index contributed by atoms with van der Waals surface area (Å²) in [5, 5.41) is 19.1. The highest BCUT2D eigenvalue weighted by molar-refractivity contribution is 5.70. The minimum atomic E-state index is -0.911. The molecule has 1 aromatic carbocycles. The topological polar surface area (TPSA) is 87.1 Å². The van der Waals surface area contributed by atoms with Crippen LogP contribution in [0.5, 0.6) is 5.75 Å². The number of ether oxygens (including phenoxy) is 1. The minimum absolute atomic E-state index is 0.0278. The van der Waals surface area contributed by atoms with Crippen molar-refractivity contribution in [2.75, 3.05) is 13.1 Å². The number of aliphatic carboxylic acids is 1. The fourth-order valence-corrected chi connectivity index (χ4v) is 2.94. The number of benzene rings is 1. The molecule has 2 N–H and O–H groups in total. The van der Waals surface area contributed by atoms with Gasteiger partial charge in [0.15, 0.2) is 0 Å². The molecular formula is C18H25NO5. The van der Waals surface area contributed by atoms with E-state index >= 15 is 0 Å². The van der Waals surface area contributed by atoms with Gasteiger partial charge in [0.05, 0.1) is 6.42 Å². The van der Waals surface area contributed by atoms with Crippen molar-refractivity contribution < 1.29 is 24.5 Å². The van der Waals surface area contributed by atoms with Crippen LogP contribution in [0.1, 0.15) is 50.7 Å². The van der Waals surface area contributed by atoms with Gasteiger partial charge in [-0.25, -0.2) is 4.79 Å². The van der Waals surface area contributed by atoms with E-state index in [4.69, 9.17) is 9.84 Å². The van der Waals surface area contributed by atoms with Crippen molar-refractivity contribution in [3.05, 3.63) is 29.3 Å². The number of phenolic OH excluding ortho intramolecular Hbond substituents is 1. The first-order chi connectivity index (χ1) is 11.2. The van der Waals surface area contributed by atoms with E-state index in [2.05, 4.69) is 0 Å². The zero-order chi connectivity index (χ0) is 17.9. The Kier molecular flexibility index (Phi) is 5.36. The minimum Gasteiger partial charge on any atom is -0.508 e. The Hall–Kier alpha value is -2.24. The first kappa shape index (κ1) is 18.1. The summed E-state index contributed by atoms with van der Waals surface area (Å²) in [5.41, 5.74) is 0.791. The van der Waals surface area contributed by atoms with E-state index in [0.29, 0.717) is 24.2 Å². The fraction of sp³-hybridized carbons (Fsp3) is 0.556. The lowest BCUT2D eigenvalue weighted by Crippen LogP contribution is -2.42. The van der Waals surface area contributed by atoms with E-state index < -0.39 is 11.6 Å². The molecule has 1 aliphatic rings. The lowest BCUT2D eigenvalue weighted by molar-refractivity contribution is -0.136. The summed E-state index contributed by atoms with van der Waals surface area (Å²) in [7, 11) is 0. The number of nitrogens with zero attached hydrogens (tertiary/aromatic N) is 1. The molecule has 132 valence electrons. The maximum atomic E-state index is 12.3. The van der Waals surface area contributed by atoms with Crippen molar-refractivity contribution >= 4 is 12.1 Å². The van der Waals surface area contributed by atoms with Crippen LogP contribution < -0.4 is 0 Å². The van der Waals surface area contributed by atoms with Gasteiger partial charge < -0.3 is 19.8 Å². The third-order valence-corrected chi connectivity index (χ3v) is 3.96. The summed E-state index contributed by atoms with van der Waals surface area (Å²) in [6.45, 7) is 6.56. The predicted octanol–water partition coefficient (Wildman–Crippen LogP) is 3.13. The largest absolute Gasteiger partial charge is 0.508 e. The van der Waals surface area contributed by atoms with Gasteiger partial charge in [-0.05, 0) is 50.8 Å². The number of rotatable bonds is 3. The molecule has 1 unspecified atom stereocenters. The second kappa shape index (κ2) is 7.11. The Balaban J connectivity index is 2.14. The van der Waals surface area contributed by atoms with E-state index in [1.807, 2.05) is 20.8 Å². The molecule has 1 saturated heterocycles. The Labute approximate surface area is 142 Å². The number of amides is 1. The van der Waals surface area contributed by atoms with Crippen molar-refractivity contribution in [2.45, 2.75) is 51.6 Å². The molecule has 1 amide bonds. The molecule has 1 atom stereocenters. The molecule has 1 aliphatic heterocycles. The van der Waals surface area contributed by atoms with Crippen LogP contribution in [0.3, 0.4) is 0 Å². The number of likely N-dealkylation sites (tertiary alicyclic amines) is 1. The lowest BCUT2D eigenvalue weighted by Gasteiger charge is -2.34. The number of phenols is 1. The summed E-state index contributed by atoms with van der Waals surface area (Å²) in [4.78, 5) is 24.8. The number of hydrogen-bond donors (Lipinski definition) is 2. The van der Waals surface area contributed by atoms with Crippen LogP contribution in [-0.4, -0.2) is 45.9 Å². The average Bonchev–Trinajstić information content (AvgIpc) is 2.47. The number of carboxylic acid groups (broad SMARTS) is 1. The van der Waals surface area contributed by atoms with E-state index in [0.717, 1.165) is 12.8 Å². The zero-order valence-electron chi connectivity index (χ0n) is 14.4. The zero-order valence-corrected chi connectivity index (χ0v) is 14.4. The van der Waals surface area contributed by atoms with Gasteiger partial charge in [-0.2, -0.15) is 0 Å². The molecule has 1 aromatic rings. The number of piperidine rings is 1. The summed E-state index contributed by atoms with van der Waals surface area (Å²) in [5.74, 6) is -0.800. The number of hydrogen-bond acceptors (Lipinski definition) is 4. The van der Waals surface area contributed by atoms with Crippen molar-refractivity contribution in [3.63, 3.8) is 0 Å². The maximum Gasteiger partial charge on any atom is 0.410 e. The van der Waals surface area contributed by atoms with Gasteiger partial charge in [-0.15, -0.1) is 0 Å². The summed E-state index contributed by atoms with van der Waals surface area (Å²) < 4.78 is 5.41. The highest BCUT2D eigenvalue weighted by Crippen LogP contribution is 2.34. The number of carboxylic acids is 1. The van der Waals surface area contributed by atoms with Crippen LogP contribution in [0.2, 0.25) is 0 Å². The smallest absolute Gasteiger partial charge is 0.410 e. The molecule has 0 aliphatic carbocycles. The molecule has 1 heterocycles. The van der Waals surface area contributed by atoms with Crippen LogP contribution in [-0.2, 0) is 16.0 Å². The standard InChI is InChI=1S/C18H25NO5/c1-18(2,3)24-17(23)19-8-4-5-13(11-19)14-9-12(10-16(21)22)6-7-15(14)20/h6-7,9,13,20H,4-5,8,10-11H2,1-3H3,(H,21,22). The van der Waals surface area contributed by atoms with Crippen LogP contribution in [0, 0.1) is 0 Å². The third kappa shape index (κ3) is 4.88. The van der Waals surface area contributed by atoms with Crippen LogP contribution in [0.25, 0.3) is 0 Å². The van der Waals surface area contributed by atoms with Crippen LogP contribution >= 0.6 is 0 Å². The van der Waals surface area contributed by atoms with E-state index in [1.54, 1.807) is 17.0 Å². The number of carbonyl (C=O) groups excluding carboxylic acids is 1. The third-order valence-electron chi connectivity index (χ3n) is 3.96. The number of carbonyl (C=O) groups is 2. The van der Waals surface area contributed by atoms with Gasteiger partial charge in [0, 0.05) is 19.0 Å². The molecule has 0 radical (unpaired) electrons. The lowest BCUT2D eigenvalue weighted by atomic mass is 9.89. The molecule has 6 nitrogen and oxygen atoms in total. The average molecular weight is 335 g/mol. The van der Waals surface area contributed by atoms with Gasteiger partial charge in [0.25, 0.3) is 0 Å². The van der Waals surface area contributed by atoms with Crippen LogP contribution in [0.15, 0.2) is 18.2 Å². The van der Waals surface area contributed by atoms with Gasteiger partial charge in [0.2, 0.25) is 0 Å². The highest BCUT2D eigenvalue weighted by Gasteiger charge is 2.29. The molecule has 6 heteroatoms. The number of aromatic hydroxyl groups is 1. The molecule has 0 spiro atoms. The maximum absolute atomic E-state index is 12.3. The molecule has 1 fully saturated rings. The van der Waals surface area contributed by atoms with Crippen molar-refractivity contribution in [1.29, 1.82) is 0 Å². The first-order valence-corrected chi connectivity index (χ1v) is 8.17. The van der Waals surface area contributed by atoms with Gasteiger partial charge in [-0.1, -0.05) is 12.1 Å². The quantitative estimate of drug-likeness (QED) is 0.886. The van der Waals surface area contributed by atoms with Gasteiger partial charge >= 0.3 is 12.1 Å². The monoisotopic (exact) mass is 335 g/mol. The first-order valence-electron chi connectivity index (χ1n) is 8.17. The molecular weight excluding hydrogens is 310 g/mol. The Morgan fingerprint density at radius 3 is 2.67 bits per heavy atom. The van der Waals surface area contributed by atoms with E-state index in [9.17, 15) is 14.7 Å². The van der Waals surface area contributed by atoms with Crippen molar-refractivity contribution in [2.24, 2.45) is 0 Å². The molecule has 2 rings (SSSR count). The summed E-state index contributed by atoms with van der Waals surface area (Å²) in [6, 6.07) is 4.87.